The molecule has 0 aliphatic heterocycles. The van der Waals surface area contributed by atoms with E-state index >= 15 is 0 Å². The third-order valence-electron chi connectivity index (χ3n) is 3.90. The highest BCUT2D eigenvalue weighted by atomic mass is 16.5. The minimum Gasteiger partial charge on any atom is -0.465 e. The van der Waals surface area contributed by atoms with Crippen molar-refractivity contribution in [2.24, 2.45) is 0 Å². The molecule has 132 valence electrons. The van der Waals surface area contributed by atoms with Crippen molar-refractivity contribution in [1.82, 2.24) is 14.5 Å². The Morgan fingerprint density at radius 1 is 1.04 bits per heavy atom. The minimum atomic E-state index is -0.745. The predicted octanol–water partition coefficient (Wildman–Crippen LogP) is 2.46. The fourth-order valence-electron chi connectivity index (χ4n) is 2.69. The fraction of sp³-hybridized carbons (Fsp3) is 0.158. The van der Waals surface area contributed by atoms with Crippen molar-refractivity contribution in [1.29, 1.82) is 0 Å². The number of aromatic nitrogens is 3. The van der Waals surface area contributed by atoms with E-state index in [2.05, 4.69) is 19.4 Å². The molecular weight excluding hydrogens is 334 g/mol. The molecule has 0 amide bonds. The predicted molar refractivity (Wildman–Crippen MR) is 95.6 cm³/mol. The normalized spacial score (nSPS) is 10.4. The molecule has 3 rings (SSSR count). The van der Waals surface area contributed by atoms with Gasteiger partial charge in [0.25, 0.3) is 0 Å². The van der Waals surface area contributed by atoms with Crippen LogP contribution < -0.4 is 0 Å². The van der Waals surface area contributed by atoms with Gasteiger partial charge in [-0.2, -0.15) is 0 Å². The van der Waals surface area contributed by atoms with Gasteiger partial charge in [0, 0.05) is 11.9 Å². The number of hydrogen-bond acceptors (Lipinski definition) is 6. The van der Waals surface area contributed by atoms with Crippen LogP contribution in [0.3, 0.4) is 0 Å². The fourth-order valence-corrected chi connectivity index (χ4v) is 2.69. The molecule has 3 aromatic rings. The van der Waals surface area contributed by atoms with Gasteiger partial charge < -0.3 is 9.47 Å². The number of esters is 2. The summed E-state index contributed by atoms with van der Waals surface area (Å²) in [4.78, 5) is 32.1. The van der Waals surface area contributed by atoms with Gasteiger partial charge in [-0.3, -0.25) is 9.55 Å². The lowest BCUT2D eigenvalue weighted by Gasteiger charge is -2.08. The van der Waals surface area contributed by atoms with E-state index in [4.69, 9.17) is 0 Å². The number of aryl methyl sites for hydroxylation is 1. The largest absolute Gasteiger partial charge is 0.465 e. The summed E-state index contributed by atoms with van der Waals surface area (Å²) >= 11 is 0. The number of imidazole rings is 1. The summed E-state index contributed by atoms with van der Waals surface area (Å²) in [7, 11) is 2.42. The molecule has 2 aromatic heterocycles. The summed E-state index contributed by atoms with van der Waals surface area (Å²) in [5.41, 5.74) is 3.17. The number of methoxy groups -OCH3 is 2. The summed E-state index contributed by atoms with van der Waals surface area (Å²) in [5.74, 6) is -0.657. The summed E-state index contributed by atoms with van der Waals surface area (Å²) in [6, 6.07) is 9.26. The van der Waals surface area contributed by atoms with Gasteiger partial charge in [0.1, 0.15) is 16.9 Å². The summed E-state index contributed by atoms with van der Waals surface area (Å²) < 4.78 is 11.3. The molecule has 0 aliphatic rings. The smallest absolute Gasteiger partial charge is 0.345 e. The van der Waals surface area contributed by atoms with Gasteiger partial charge in [-0.25, -0.2) is 14.6 Å². The van der Waals surface area contributed by atoms with E-state index in [0.29, 0.717) is 5.56 Å². The molecule has 0 spiro atoms. The number of ether oxygens (including phenoxy) is 2. The Bertz CT molecular complexity index is 985. The topological polar surface area (TPSA) is 83.3 Å². The first-order valence-electron chi connectivity index (χ1n) is 7.83. The number of carbonyl (C=O) groups excluding carboxylic acids is 2. The molecule has 0 unspecified atom stereocenters. The van der Waals surface area contributed by atoms with Gasteiger partial charge in [0.05, 0.1) is 25.9 Å². The van der Waals surface area contributed by atoms with Crippen LogP contribution in [0.25, 0.3) is 22.8 Å². The van der Waals surface area contributed by atoms with Crippen LogP contribution in [0.5, 0.6) is 0 Å². The van der Waals surface area contributed by atoms with Crippen molar-refractivity contribution < 1.29 is 19.1 Å². The molecule has 0 saturated carbocycles. The molecule has 0 saturated heterocycles. The molecule has 7 heteroatoms. The van der Waals surface area contributed by atoms with Crippen molar-refractivity contribution in [3.05, 3.63) is 59.7 Å². The standard InChI is InChI=1S/C19H17N3O4/c1-12-21-16-11-20-9-8-17(16)22(12)14-6-4-13(5-7-14)10-15(18(23)25-2)19(24)26-3/h4-11H,1-3H3. The zero-order valence-corrected chi connectivity index (χ0v) is 14.6. The van der Waals surface area contributed by atoms with E-state index in [9.17, 15) is 9.59 Å². The lowest BCUT2D eigenvalue weighted by molar-refractivity contribution is -0.143. The number of benzene rings is 1. The molecule has 1 aromatic carbocycles. The Morgan fingerprint density at radius 2 is 1.69 bits per heavy atom. The number of rotatable bonds is 4. The molecule has 0 atom stereocenters. The maximum absolute atomic E-state index is 11.8. The Morgan fingerprint density at radius 3 is 2.31 bits per heavy atom. The second-order valence-corrected chi connectivity index (χ2v) is 5.49. The van der Waals surface area contributed by atoms with E-state index in [-0.39, 0.29) is 5.57 Å². The lowest BCUT2D eigenvalue weighted by Crippen LogP contribution is -2.15. The van der Waals surface area contributed by atoms with Crippen LogP contribution in [0.1, 0.15) is 11.4 Å². The SMILES string of the molecule is COC(=O)C(=Cc1ccc(-n2c(C)nc3cnccc32)cc1)C(=O)OC. The lowest BCUT2D eigenvalue weighted by atomic mass is 10.1. The van der Waals surface area contributed by atoms with Gasteiger partial charge in [0.15, 0.2) is 0 Å². The molecule has 26 heavy (non-hydrogen) atoms. The number of pyridine rings is 1. The van der Waals surface area contributed by atoms with E-state index < -0.39 is 11.9 Å². The summed E-state index contributed by atoms with van der Waals surface area (Å²) in [6.07, 6.45) is 4.87. The number of nitrogens with zero attached hydrogens (tertiary/aromatic N) is 3. The quantitative estimate of drug-likeness (QED) is 0.311. The van der Waals surface area contributed by atoms with Crippen LogP contribution in [0.2, 0.25) is 0 Å². The molecule has 2 heterocycles. The van der Waals surface area contributed by atoms with Crippen molar-refractivity contribution in [3.8, 4) is 5.69 Å². The van der Waals surface area contributed by atoms with Gasteiger partial charge >= 0.3 is 11.9 Å². The number of fused-ring (bicyclic) bond motifs is 1. The molecule has 0 fully saturated rings. The highest BCUT2D eigenvalue weighted by Crippen LogP contribution is 2.21. The maximum atomic E-state index is 11.8. The molecule has 7 nitrogen and oxygen atoms in total. The third kappa shape index (κ3) is 3.19. The molecule has 0 N–H and O–H groups in total. The van der Waals surface area contributed by atoms with Gasteiger partial charge in [-0.15, -0.1) is 0 Å². The van der Waals surface area contributed by atoms with Crippen LogP contribution in [-0.4, -0.2) is 40.7 Å². The average Bonchev–Trinajstić information content (AvgIpc) is 3.01. The Hall–Kier alpha value is -3.48. The Kier molecular flexibility index (Phi) is 4.79. The van der Waals surface area contributed by atoms with Gasteiger partial charge in [-0.05, 0) is 36.8 Å². The Labute approximate surface area is 149 Å². The highest BCUT2D eigenvalue weighted by Gasteiger charge is 2.19. The van der Waals surface area contributed by atoms with Gasteiger partial charge in [0.2, 0.25) is 0 Å². The van der Waals surface area contributed by atoms with Gasteiger partial charge in [-0.1, -0.05) is 12.1 Å². The monoisotopic (exact) mass is 351 g/mol. The minimum absolute atomic E-state index is 0.168. The first kappa shape index (κ1) is 17.3. The summed E-state index contributed by atoms with van der Waals surface area (Å²) in [6.45, 7) is 1.92. The first-order chi connectivity index (χ1) is 12.5. The summed E-state index contributed by atoms with van der Waals surface area (Å²) in [5, 5.41) is 0. The van der Waals surface area contributed by atoms with Crippen molar-refractivity contribution in [3.63, 3.8) is 0 Å². The van der Waals surface area contributed by atoms with Crippen molar-refractivity contribution >= 4 is 29.0 Å². The van der Waals surface area contributed by atoms with E-state index in [1.54, 1.807) is 24.5 Å². The van der Waals surface area contributed by atoms with Crippen LogP contribution >= 0.6 is 0 Å². The maximum Gasteiger partial charge on any atom is 0.345 e. The molecule has 0 bridgehead atoms. The van der Waals surface area contributed by atoms with E-state index in [0.717, 1.165) is 22.5 Å². The van der Waals surface area contributed by atoms with Crippen LogP contribution in [0, 0.1) is 6.92 Å². The van der Waals surface area contributed by atoms with Crippen molar-refractivity contribution in [2.75, 3.05) is 14.2 Å². The Balaban J connectivity index is 2.00. The van der Waals surface area contributed by atoms with Crippen LogP contribution in [0.15, 0.2) is 48.3 Å². The first-order valence-corrected chi connectivity index (χ1v) is 7.83. The molecular formula is C19H17N3O4. The zero-order valence-electron chi connectivity index (χ0n) is 14.6. The highest BCUT2D eigenvalue weighted by molar-refractivity contribution is 6.17. The van der Waals surface area contributed by atoms with Crippen molar-refractivity contribution in [2.45, 2.75) is 6.92 Å². The number of carbonyl (C=O) groups is 2. The average molecular weight is 351 g/mol. The number of hydrogen-bond donors (Lipinski definition) is 0. The van der Waals surface area contributed by atoms with Crippen LogP contribution in [-0.2, 0) is 19.1 Å². The van der Waals surface area contributed by atoms with E-state index in [1.165, 1.54) is 20.3 Å². The van der Waals surface area contributed by atoms with E-state index in [1.807, 2.05) is 29.7 Å². The third-order valence-corrected chi connectivity index (χ3v) is 3.90. The van der Waals surface area contributed by atoms with Crippen LogP contribution in [0.4, 0.5) is 0 Å². The molecule has 0 radical (unpaired) electrons. The second-order valence-electron chi connectivity index (χ2n) is 5.49. The second kappa shape index (κ2) is 7.18. The zero-order chi connectivity index (χ0) is 18.7. The molecule has 0 aliphatic carbocycles.